The zero-order chi connectivity index (χ0) is 13.8. The van der Waals surface area contributed by atoms with Crippen molar-refractivity contribution >= 4 is 5.91 Å². The minimum Gasteiger partial charge on any atom is -0.378 e. The lowest BCUT2D eigenvalue weighted by molar-refractivity contribution is 0.0295. The number of morpholine rings is 1. The minimum atomic E-state index is 0.0636. The van der Waals surface area contributed by atoms with Crippen LogP contribution in [0.2, 0.25) is 0 Å². The van der Waals surface area contributed by atoms with Gasteiger partial charge in [0.25, 0.3) is 5.91 Å². The molecule has 1 aromatic heterocycles. The summed E-state index contributed by atoms with van der Waals surface area (Å²) in [6.45, 7) is 6.98. The third kappa shape index (κ3) is 3.35. The summed E-state index contributed by atoms with van der Waals surface area (Å²) in [6.07, 6.45) is 2.06. The van der Waals surface area contributed by atoms with Crippen LogP contribution in [0.4, 0.5) is 0 Å². The third-order valence-electron chi connectivity index (χ3n) is 3.70. The molecule has 1 amide bonds. The van der Waals surface area contributed by atoms with Gasteiger partial charge in [0, 0.05) is 20.1 Å². The summed E-state index contributed by atoms with van der Waals surface area (Å²) in [6, 6.07) is 1.93. The second kappa shape index (κ2) is 6.19. The van der Waals surface area contributed by atoms with Crippen LogP contribution in [0.3, 0.4) is 0 Å². The van der Waals surface area contributed by atoms with Crippen LogP contribution in [-0.4, -0.2) is 46.9 Å². The summed E-state index contributed by atoms with van der Waals surface area (Å²) in [5.41, 5.74) is 1.69. The van der Waals surface area contributed by atoms with E-state index < -0.39 is 0 Å². The van der Waals surface area contributed by atoms with Gasteiger partial charge in [0.2, 0.25) is 0 Å². The highest BCUT2D eigenvalue weighted by molar-refractivity contribution is 5.92. The molecular weight excluding hydrogens is 242 g/mol. The standard InChI is InChI=1S/C14H23N3O2/c1-4-11(2)9-12-10-13(16(3)15-12)14(18)17-5-7-19-8-6-17/h10-11H,4-9H2,1-3H3. The molecule has 0 aliphatic carbocycles. The molecule has 0 spiro atoms. The quantitative estimate of drug-likeness (QED) is 0.828. The minimum absolute atomic E-state index is 0.0636. The predicted molar refractivity (Wildman–Crippen MR) is 73.1 cm³/mol. The summed E-state index contributed by atoms with van der Waals surface area (Å²) < 4.78 is 6.98. The summed E-state index contributed by atoms with van der Waals surface area (Å²) in [5.74, 6) is 0.662. The SMILES string of the molecule is CCC(C)Cc1cc(C(=O)N2CCOCC2)n(C)n1. The first-order valence-corrected chi connectivity index (χ1v) is 7.01. The fourth-order valence-corrected chi connectivity index (χ4v) is 2.26. The van der Waals surface area contributed by atoms with Gasteiger partial charge >= 0.3 is 0 Å². The lowest BCUT2D eigenvalue weighted by atomic mass is 10.0. The van der Waals surface area contributed by atoms with Crippen molar-refractivity contribution in [2.75, 3.05) is 26.3 Å². The molecule has 106 valence electrons. The van der Waals surface area contributed by atoms with Crippen molar-refractivity contribution in [3.8, 4) is 0 Å². The Bertz CT molecular complexity index is 436. The molecule has 0 saturated carbocycles. The molecule has 1 saturated heterocycles. The van der Waals surface area contributed by atoms with Gasteiger partial charge in [0.15, 0.2) is 0 Å². The molecule has 2 heterocycles. The van der Waals surface area contributed by atoms with E-state index >= 15 is 0 Å². The van der Waals surface area contributed by atoms with E-state index in [0.29, 0.717) is 37.9 Å². The van der Waals surface area contributed by atoms with Crippen molar-refractivity contribution in [2.24, 2.45) is 13.0 Å². The Hall–Kier alpha value is -1.36. The highest BCUT2D eigenvalue weighted by Gasteiger charge is 2.22. The fraction of sp³-hybridized carbons (Fsp3) is 0.714. The number of amides is 1. The molecule has 5 heteroatoms. The molecule has 1 aliphatic heterocycles. The number of hydrogen-bond acceptors (Lipinski definition) is 3. The maximum Gasteiger partial charge on any atom is 0.272 e. The monoisotopic (exact) mass is 265 g/mol. The first-order chi connectivity index (χ1) is 9.11. The molecule has 19 heavy (non-hydrogen) atoms. The number of carbonyl (C=O) groups is 1. The maximum atomic E-state index is 12.4. The highest BCUT2D eigenvalue weighted by Crippen LogP contribution is 2.14. The summed E-state index contributed by atoms with van der Waals surface area (Å²) in [7, 11) is 1.84. The van der Waals surface area contributed by atoms with Crippen molar-refractivity contribution in [2.45, 2.75) is 26.7 Å². The number of hydrogen-bond donors (Lipinski definition) is 0. The third-order valence-corrected chi connectivity index (χ3v) is 3.70. The topological polar surface area (TPSA) is 47.4 Å². The molecular formula is C14H23N3O2. The van der Waals surface area contributed by atoms with Crippen molar-refractivity contribution in [1.82, 2.24) is 14.7 Å². The normalized spacial score (nSPS) is 17.5. The van der Waals surface area contributed by atoms with Gasteiger partial charge in [0.1, 0.15) is 5.69 Å². The van der Waals surface area contributed by atoms with Gasteiger partial charge in [-0.05, 0) is 18.4 Å². The Balaban J connectivity index is 2.08. The van der Waals surface area contributed by atoms with Gasteiger partial charge in [-0.2, -0.15) is 5.10 Å². The lowest BCUT2D eigenvalue weighted by Gasteiger charge is -2.26. The number of aromatic nitrogens is 2. The Morgan fingerprint density at radius 1 is 1.47 bits per heavy atom. The number of carbonyl (C=O) groups excluding carboxylic acids is 1. The van der Waals surface area contributed by atoms with Crippen LogP contribution in [0.1, 0.15) is 36.5 Å². The van der Waals surface area contributed by atoms with E-state index in [1.54, 1.807) is 4.68 Å². The molecule has 1 unspecified atom stereocenters. The van der Waals surface area contributed by atoms with Crippen molar-refractivity contribution in [1.29, 1.82) is 0 Å². The predicted octanol–water partition coefficient (Wildman–Crippen LogP) is 1.48. The zero-order valence-corrected chi connectivity index (χ0v) is 12.1. The van der Waals surface area contributed by atoms with Gasteiger partial charge < -0.3 is 9.64 Å². The van der Waals surface area contributed by atoms with Crippen LogP contribution in [0.25, 0.3) is 0 Å². The van der Waals surface area contributed by atoms with E-state index in [9.17, 15) is 4.79 Å². The van der Waals surface area contributed by atoms with Crippen LogP contribution in [0.15, 0.2) is 6.07 Å². The van der Waals surface area contributed by atoms with Crippen LogP contribution in [-0.2, 0) is 18.2 Å². The first kappa shape index (κ1) is 14.1. The molecule has 0 N–H and O–H groups in total. The van der Waals surface area contributed by atoms with Gasteiger partial charge in [-0.1, -0.05) is 20.3 Å². The van der Waals surface area contributed by atoms with Gasteiger partial charge in [0.05, 0.1) is 18.9 Å². The highest BCUT2D eigenvalue weighted by atomic mass is 16.5. The van der Waals surface area contributed by atoms with Crippen LogP contribution in [0, 0.1) is 5.92 Å². The van der Waals surface area contributed by atoms with E-state index in [-0.39, 0.29) is 5.91 Å². The van der Waals surface area contributed by atoms with Gasteiger partial charge in [-0.15, -0.1) is 0 Å². The van der Waals surface area contributed by atoms with Crippen LogP contribution < -0.4 is 0 Å². The van der Waals surface area contributed by atoms with Gasteiger partial charge in [-0.3, -0.25) is 9.48 Å². The Morgan fingerprint density at radius 3 is 2.79 bits per heavy atom. The molecule has 2 rings (SSSR count). The van der Waals surface area contributed by atoms with E-state index in [4.69, 9.17) is 4.74 Å². The smallest absolute Gasteiger partial charge is 0.272 e. The first-order valence-electron chi connectivity index (χ1n) is 7.01. The Labute approximate surface area is 114 Å². The second-order valence-corrected chi connectivity index (χ2v) is 5.27. The van der Waals surface area contributed by atoms with Crippen molar-refractivity contribution in [3.63, 3.8) is 0 Å². The summed E-state index contributed by atoms with van der Waals surface area (Å²) >= 11 is 0. The molecule has 0 radical (unpaired) electrons. The average molecular weight is 265 g/mol. The van der Waals surface area contributed by atoms with E-state index in [2.05, 4.69) is 18.9 Å². The van der Waals surface area contributed by atoms with Crippen molar-refractivity contribution in [3.05, 3.63) is 17.5 Å². The summed E-state index contributed by atoms with van der Waals surface area (Å²) in [5, 5.41) is 4.45. The molecule has 1 atom stereocenters. The van der Waals surface area contributed by atoms with Crippen LogP contribution in [0.5, 0.6) is 0 Å². The molecule has 1 aliphatic rings. The number of ether oxygens (including phenoxy) is 1. The number of aryl methyl sites for hydroxylation is 1. The van der Waals surface area contributed by atoms with E-state index in [1.807, 2.05) is 18.0 Å². The molecule has 0 aromatic carbocycles. The lowest BCUT2D eigenvalue weighted by Crippen LogP contribution is -2.41. The van der Waals surface area contributed by atoms with E-state index in [0.717, 1.165) is 18.5 Å². The van der Waals surface area contributed by atoms with E-state index in [1.165, 1.54) is 0 Å². The molecule has 1 fully saturated rings. The maximum absolute atomic E-state index is 12.4. The van der Waals surface area contributed by atoms with Crippen molar-refractivity contribution < 1.29 is 9.53 Å². The zero-order valence-electron chi connectivity index (χ0n) is 12.1. The Morgan fingerprint density at radius 2 is 2.16 bits per heavy atom. The van der Waals surface area contributed by atoms with Gasteiger partial charge in [-0.25, -0.2) is 0 Å². The fourth-order valence-electron chi connectivity index (χ4n) is 2.26. The second-order valence-electron chi connectivity index (χ2n) is 5.27. The summed E-state index contributed by atoms with van der Waals surface area (Å²) in [4.78, 5) is 14.2. The Kier molecular flexibility index (Phi) is 4.58. The number of nitrogens with zero attached hydrogens (tertiary/aromatic N) is 3. The number of rotatable bonds is 4. The average Bonchev–Trinajstić information content (AvgIpc) is 2.79. The molecule has 1 aromatic rings. The molecule has 0 bridgehead atoms. The van der Waals surface area contributed by atoms with Crippen LogP contribution >= 0.6 is 0 Å². The largest absolute Gasteiger partial charge is 0.378 e. The molecule has 5 nitrogen and oxygen atoms in total.